The number of hydrogen-bond donors (Lipinski definition) is 2. The van der Waals surface area contributed by atoms with Gasteiger partial charge in [0.2, 0.25) is 0 Å². The quantitative estimate of drug-likeness (QED) is 0.847. The molecular formula is C11H16ClNO3. The summed E-state index contributed by atoms with van der Waals surface area (Å²) in [6.07, 6.45) is 0. The van der Waals surface area contributed by atoms with Crippen LogP contribution in [0.25, 0.3) is 0 Å². The molecule has 90 valence electrons. The summed E-state index contributed by atoms with van der Waals surface area (Å²) in [5, 5.41) is 9.61. The Bertz CT molecular complexity index is 382. The minimum Gasteiger partial charge on any atom is -0.493 e. The van der Waals surface area contributed by atoms with Gasteiger partial charge in [0.25, 0.3) is 0 Å². The van der Waals surface area contributed by atoms with E-state index in [9.17, 15) is 0 Å². The van der Waals surface area contributed by atoms with Crippen molar-refractivity contribution in [2.24, 2.45) is 5.73 Å². The Hall–Kier alpha value is -0.970. The van der Waals surface area contributed by atoms with Crippen molar-refractivity contribution in [3.05, 3.63) is 22.2 Å². The van der Waals surface area contributed by atoms with Gasteiger partial charge in [0, 0.05) is 16.1 Å². The van der Waals surface area contributed by atoms with Crippen molar-refractivity contribution in [2.75, 3.05) is 20.8 Å². The van der Waals surface area contributed by atoms with E-state index in [-0.39, 0.29) is 6.61 Å². The third-order valence-electron chi connectivity index (χ3n) is 2.45. The van der Waals surface area contributed by atoms with Crippen LogP contribution in [0, 0.1) is 6.92 Å². The Kier molecular flexibility index (Phi) is 4.41. The standard InChI is InChI=1S/C11H16ClNO3/c1-6-8(12)4-7(9(13)5-14)11(16-3)10(6)15-2/h4,9,14H,5,13H2,1-3H3. The molecule has 3 N–H and O–H groups in total. The SMILES string of the molecule is COc1c(C(N)CO)cc(Cl)c(C)c1OC. The van der Waals surface area contributed by atoms with E-state index >= 15 is 0 Å². The van der Waals surface area contributed by atoms with Gasteiger partial charge in [0.1, 0.15) is 0 Å². The van der Waals surface area contributed by atoms with E-state index in [2.05, 4.69) is 0 Å². The lowest BCUT2D eigenvalue weighted by molar-refractivity contribution is 0.263. The molecule has 0 saturated carbocycles. The van der Waals surface area contributed by atoms with E-state index in [0.717, 1.165) is 5.56 Å². The Labute approximate surface area is 99.9 Å². The van der Waals surface area contributed by atoms with Gasteiger partial charge in [-0.15, -0.1) is 0 Å². The van der Waals surface area contributed by atoms with Gasteiger partial charge >= 0.3 is 0 Å². The van der Waals surface area contributed by atoms with Crippen molar-refractivity contribution in [1.82, 2.24) is 0 Å². The van der Waals surface area contributed by atoms with Crippen LogP contribution >= 0.6 is 11.6 Å². The molecule has 0 heterocycles. The second-order valence-electron chi connectivity index (χ2n) is 3.43. The van der Waals surface area contributed by atoms with Gasteiger partial charge in [-0.2, -0.15) is 0 Å². The summed E-state index contributed by atoms with van der Waals surface area (Å²) >= 11 is 6.05. The van der Waals surface area contributed by atoms with Gasteiger partial charge in [0.05, 0.1) is 26.9 Å². The van der Waals surface area contributed by atoms with E-state index in [1.807, 2.05) is 6.92 Å². The molecular weight excluding hydrogens is 230 g/mol. The molecule has 1 aromatic rings. The van der Waals surface area contributed by atoms with E-state index in [1.54, 1.807) is 6.07 Å². The molecule has 0 aliphatic carbocycles. The number of halogens is 1. The highest BCUT2D eigenvalue weighted by molar-refractivity contribution is 6.31. The Morgan fingerprint density at radius 3 is 2.38 bits per heavy atom. The largest absolute Gasteiger partial charge is 0.493 e. The molecule has 0 amide bonds. The molecule has 0 aliphatic heterocycles. The highest BCUT2D eigenvalue weighted by atomic mass is 35.5. The number of aliphatic hydroxyl groups excluding tert-OH is 1. The third-order valence-corrected chi connectivity index (χ3v) is 2.85. The number of methoxy groups -OCH3 is 2. The van der Waals surface area contributed by atoms with Gasteiger partial charge in [-0.3, -0.25) is 0 Å². The maximum atomic E-state index is 9.07. The number of rotatable bonds is 4. The monoisotopic (exact) mass is 245 g/mol. The fourth-order valence-corrected chi connectivity index (χ4v) is 1.75. The van der Waals surface area contributed by atoms with Crippen LogP contribution in [-0.4, -0.2) is 25.9 Å². The zero-order valence-corrected chi connectivity index (χ0v) is 10.3. The van der Waals surface area contributed by atoms with Crippen molar-refractivity contribution >= 4 is 11.6 Å². The second kappa shape index (κ2) is 5.39. The lowest BCUT2D eigenvalue weighted by Crippen LogP contribution is -2.16. The predicted octanol–water partition coefficient (Wildman–Crippen LogP) is 1.66. The van der Waals surface area contributed by atoms with Crippen LogP contribution in [0.4, 0.5) is 0 Å². The highest BCUT2D eigenvalue weighted by Gasteiger charge is 2.19. The van der Waals surface area contributed by atoms with Crippen LogP contribution in [0.1, 0.15) is 17.2 Å². The average molecular weight is 246 g/mol. The molecule has 0 spiro atoms. The minimum atomic E-state index is -0.540. The summed E-state index contributed by atoms with van der Waals surface area (Å²) in [6, 6.07) is 1.15. The average Bonchev–Trinajstić information content (AvgIpc) is 2.30. The second-order valence-corrected chi connectivity index (χ2v) is 3.84. The molecule has 1 unspecified atom stereocenters. The van der Waals surface area contributed by atoms with Crippen molar-refractivity contribution in [2.45, 2.75) is 13.0 Å². The lowest BCUT2D eigenvalue weighted by atomic mass is 10.0. The Morgan fingerprint density at radius 2 is 1.94 bits per heavy atom. The van der Waals surface area contributed by atoms with Gasteiger partial charge in [-0.25, -0.2) is 0 Å². The molecule has 0 aliphatic rings. The van der Waals surface area contributed by atoms with Crippen molar-refractivity contribution in [3.8, 4) is 11.5 Å². The van der Waals surface area contributed by atoms with Gasteiger partial charge in [-0.05, 0) is 13.0 Å². The third kappa shape index (κ3) is 2.24. The molecule has 1 rings (SSSR count). The van der Waals surface area contributed by atoms with Crippen molar-refractivity contribution < 1.29 is 14.6 Å². The first-order valence-electron chi connectivity index (χ1n) is 4.84. The molecule has 4 nitrogen and oxygen atoms in total. The van der Waals surface area contributed by atoms with E-state index < -0.39 is 6.04 Å². The summed E-state index contributed by atoms with van der Waals surface area (Å²) in [5.74, 6) is 1.07. The van der Waals surface area contributed by atoms with Gasteiger partial charge < -0.3 is 20.3 Å². The van der Waals surface area contributed by atoms with Crippen LogP contribution in [0.5, 0.6) is 11.5 Å². The highest BCUT2D eigenvalue weighted by Crippen LogP contribution is 2.40. The lowest BCUT2D eigenvalue weighted by Gasteiger charge is -2.19. The Morgan fingerprint density at radius 1 is 1.38 bits per heavy atom. The summed E-state index contributed by atoms with van der Waals surface area (Å²) < 4.78 is 10.5. The normalized spacial score (nSPS) is 12.4. The fourth-order valence-electron chi connectivity index (χ4n) is 1.55. The van der Waals surface area contributed by atoms with Gasteiger partial charge in [-0.1, -0.05) is 11.6 Å². The summed E-state index contributed by atoms with van der Waals surface area (Å²) in [5.41, 5.74) is 7.19. The Balaban J connectivity index is 3.43. The zero-order valence-electron chi connectivity index (χ0n) is 9.58. The van der Waals surface area contributed by atoms with E-state index in [1.165, 1.54) is 14.2 Å². The van der Waals surface area contributed by atoms with E-state index in [4.69, 9.17) is 31.9 Å². The van der Waals surface area contributed by atoms with Crippen molar-refractivity contribution in [3.63, 3.8) is 0 Å². The smallest absolute Gasteiger partial charge is 0.165 e. The van der Waals surface area contributed by atoms with Crippen LogP contribution in [0.3, 0.4) is 0 Å². The van der Waals surface area contributed by atoms with E-state index in [0.29, 0.717) is 22.1 Å². The first-order chi connectivity index (χ1) is 7.56. The molecule has 1 aromatic carbocycles. The predicted molar refractivity (Wildman–Crippen MR) is 63.3 cm³/mol. The van der Waals surface area contributed by atoms with Crippen LogP contribution in [0.15, 0.2) is 6.07 Å². The maximum absolute atomic E-state index is 9.07. The number of ether oxygens (including phenoxy) is 2. The topological polar surface area (TPSA) is 64.7 Å². The molecule has 0 radical (unpaired) electrons. The van der Waals surface area contributed by atoms with Crippen LogP contribution in [-0.2, 0) is 0 Å². The first kappa shape index (κ1) is 13.1. The molecule has 0 bridgehead atoms. The summed E-state index contributed by atoms with van der Waals surface area (Å²) in [4.78, 5) is 0. The number of aliphatic hydroxyl groups is 1. The molecule has 0 aromatic heterocycles. The molecule has 16 heavy (non-hydrogen) atoms. The number of nitrogens with two attached hydrogens (primary N) is 1. The fraction of sp³-hybridized carbons (Fsp3) is 0.455. The molecule has 0 fully saturated rings. The minimum absolute atomic E-state index is 0.182. The van der Waals surface area contributed by atoms with Crippen molar-refractivity contribution in [1.29, 1.82) is 0 Å². The summed E-state index contributed by atoms with van der Waals surface area (Å²) in [6.45, 7) is 1.65. The molecule has 5 heteroatoms. The zero-order chi connectivity index (χ0) is 12.3. The number of benzene rings is 1. The summed E-state index contributed by atoms with van der Waals surface area (Å²) in [7, 11) is 3.06. The maximum Gasteiger partial charge on any atom is 0.165 e. The van der Waals surface area contributed by atoms with Gasteiger partial charge in [0.15, 0.2) is 11.5 Å². The molecule has 1 atom stereocenters. The first-order valence-corrected chi connectivity index (χ1v) is 5.22. The molecule has 0 saturated heterocycles. The van der Waals surface area contributed by atoms with Crippen LogP contribution < -0.4 is 15.2 Å². The van der Waals surface area contributed by atoms with Crippen LogP contribution in [0.2, 0.25) is 5.02 Å². The number of hydrogen-bond acceptors (Lipinski definition) is 4.